The zero-order valence-electron chi connectivity index (χ0n) is 63.5. The average Bonchev–Trinajstić information content (AvgIpc) is 1.56. The summed E-state index contributed by atoms with van der Waals surface area (Å²) in [6.07, 6.45) is 8.63. The number of esters is 3. The summed E-state index contributed by atoms with van der Waals surface area (Å²) in [7, 11) is -4.22. The van der Waals surface area contributed by atoms with E-state index in [1.165, 1.54) is 31.9 Å². The SMILES string of the molecule is C[C@@H]1[C@@H]2CN(C(=O)[C@H](C(C)(C)C)CC(=O)O[C@@H]3C[C@@H]4C[C@@H]4[C@H]3CC/C=C/Cn3c(nc4cc(Cl)ccc4c3=O)O2)[C@@H]1C(=O)C[C@]1(C(=O)NS(=O)(=O)C2(C)CC2)C[C@H]1C(F)F.C[C@@H]1[C@@H]2CN(C(=O)[C@H](C(C)(C)C)CC(=O)O[C@@H]3C[C@@H]4C[C@@H]4[C@H]3CC/C=C/Cn3c(nc4cc(Cl)ccc4c3=O)O2)[C@@H]1C(=O)OC(C)(C)C. The molecule has 586 valence electrons. The van der Waals surface area contributed by atoms with Gasteiger partial charge in [-0.25, -0.2) is 22.0 Å². The molecule has 8 fully saturated rings. The number of amides is 3. The Labute approximate surface area is 638 Å². The van der Waals surface area contributed by atoms with Crippen LogP contribution in [0.4, 0.5) is 8.78 Å². The van der Waals surface area contributed by atoms with Gasteiger partial charge in [0.1, 0.15) is 36.1 Å². The number of benzene rings is 2. The van der Waals surface area contributed by atoms with Gasteiger partial charge in [-0.15, -0.1) is 0 Å². The van der Waals surface area contributed by atoms with E-state index in [1.54, 1.807) is 78.8 Å². The maximum Gasteiger partial charge on any atom is 0.329 e. The lowest BCUT2D eigenvalue weighted by Gasteiger charge is -2.35. The molecule has 2 saturated heterocycles. The first-order chi connectivity index (χ1) is 50.6. The van der Waals surface area contributed by atoms with Crippen molar-refractivity contribution in [2.24, 2.45) is 81.3 Å². The van der Waals surface area contributed by atoms with E-state index >= 15 is 0 Å². The number of Topliss-reactive ketones (excluding diaryl/α,β-unsaturated/α-hetero) is 1. The van der Waals surface area contributed by atoms with E-state index in [-0.39, 0.29) is 98.0 Å². The van der Waals surface area contributed by atoms with E-state index in [0.717, 1.165) is 44.9 Å². The van der Waals surface area contributed by atoms with Gasteiger partial charge in [0.2, 0.25) is 34.2 Å². The second-order valence-electron chi connectivity index (χ2n) is 35.7. The molecule has 0 unspecified atom stereocenters. The molecule has 4 bridgehead atoms. The first-order valence-electron chi connectivity index (χ1n) is 38.3. The zero-order chi connectivity index (χ0) is 78.0. The molecular weight excluding hydrogens is 1460 g/mol. The van der Waals surface area contributed by atoms with E-state index in [9.17, 15) is 60.3 Å². The fraction of sp³-hybridized carbons (Fsp3) is 0.662. The number of rotatable bonds is 8. The van der Waals surface area contributed by atoms with E-state index in [0.29, 0.717) is 69.3 Å². The number of carbonyl (C=O) groups is 7. The predicted molar refractivity (Wildman–Crippen MR) is 398 cm³/mol. The molecule has 18 atom stereocenters. The Kier molecular flexibility index (Phi) is 21.5. The van der Waals surface area contributed by atoms with Crippen LogP contribution in [0.25, 0.3) is 21.8 Å². The van der Waals surface area contributed by atoms with Gasteiger partial charge in [-0.3, -0.25) is 52.2 Å². The van der Waals surface area contributed by atoms with Crippen LogP contribution >= 0.6 is 23.2 Å². The number of nitrogens with zero attached hydrogens (tertiary/aromatic N) is 6. The number of ether oxygens (including phenoxy) is 5. The van der Waals surface area contributed by atoms with E-state index in [1.807, 2.05) is 50.6 Å². The van der Waals surface area contributed by atoms with Crippen LogP contribution in [0.15, 0.2) is 70.3 Å². The van der Waals surface area contributed by atoms with Crippen molar-refractivity contribution in [1.29, 1.82) is 0 Å². The maximum atomic E-state index is 15.0. The van der Waals surface area contributed by atoms with Gasteiger partial charge >= 0.3 is 17.9 Å². The van der Waals surface area contributed by atoms with Crippen molar-refractivity contribution >= 4 is 96.4 Å². The highest BCUT2D eigenvalue weighted by Gasteiger charge is 2.68. The Morgan fingerprint density at radius 3 is 1.49 bits per heavy atom. The van der Waals surface area contributed by atoms with Crippen molar-refractivity contribution in [1.82, 2.24) is 33.6 Å². The first-order valence-corrected chi connectivity index (χ1v) is 40.5. The lowest BCUT2D eigenvalue weighted by molar-refractivity contribution is -0.167. The number of aromatic nitrogens is 4. The number of fused-ring (bicyclic) bond motifs is 14. The third-order valence-corrected chi connectivity index (χ3v) is 27.6. The fourth-order valence-corrected chi connectivity index (χ4v) is 19.6. The molecule has 4 aromatic rings. The van der Waals surface area contributed by atoms with Gasteiger partial charge in [0, 0.05) is 47.3 Å². The summed E-state index contributed by atoms with van der Waals surface area (Å²) in [4.78, 5) is 139. The molecule has 0 spiro atoms. The van der Waals surface area contributed by atoms with Crippen LogP contribution in [0.5, 0.6) is 12.0 Å². The van der Waals surface area contributed by atoms with Gasteiger partial charge in [0.05, 0.1) is 75.8 Å². The Morgan fingerprint density at radius 2 is 1.07 bits per heavy atom. The first kappa shape index (κ1) is 78.8. The average molecular weight is 1560 g/mol. The highest BCUT2D eigenvalue weighted by atomic mass is 35.5. The molecule has 2 aromatic heterocycles. The number of carbonyl (C=O) groups excluding carboxylic acids is 7. The van der Waals surface area contributed by atoms with Crippen LogP contribution in [0.2, 0.25) is 10.0 Å². The van der Waals surface area contributed by atoms with Crippen LogP contribution in [0.3, 0.4) is 0 Å². The van der Waals surface area contributed by atoms with Gasteiger partial charge < -0.3 is 33.5 Å². The lowest BCUT2D eigenvalue weighted by Crippen LogP contribution is -2.50. The van der Waals surface area contributed by atoms with Gasteiger partial charge in [-0.05, 0) is 181 Å². The highest BCUT2D eigenvalue weighted by Crippen LogP contribution is 2.61. The number of allylic oxidation sites excluding steroid dienone is 4. The summed E-state index contributed by atoms with van der Waals surface area (Å²) in [6.45, 7) is 21.6. The van der Waals surface area contributed by atoms with Crippen LogP contribution in [-0.4, -0.2) is 145 Å². The Morgan fingerprint density at radius 1 is 0.630 bits per heavy atom. The summed E-state index contributed by atoms with van der Waals surface area (Å²) in [5.74, 6) is -6.49. The molecule has 23 nitrogen and oxygen atoms in total. The molecule has 10 aliphatic rings. The van der Waals surface area contributed by atoms with E-state index in [2.05, 4.69) is 6.08 Å². The number of alkyl halides is 2. The molecule has 28 heteroatoms. The zero-order valence-corrected chi connectivity index (χ0v) is 65.9. The lowest BCUT2D eigenvalue weighted by atomic mass is 9.77. The molecule has 1 N–H and O–H groups in total. The number of hydrogen-bond donors (Lipinski definition) is 1. The van der Waals surface area contributed by atoms with Crippen LogP contribution in [0.1, 0.15) is 173 Å². The normalized spacial score (nSPS) is 33.2. The Hall–Kier alpha value is -7.32. The summed E-state index contributed by atoms with van der Waals surface area (Å²) in [5, 5.41) is 1.48. The number of halogens is 4. The van der Waals surface area contributed by atoms with Crippen molar-refractivity contribution in [2.75, 3.05) is 13.1 Å². The second kappa shape index (κ2) is 29.4. The largest absolute Gasteiger partial charge is 0.462 e. The monoisotopic (exact) mass is 1560 g/mol. The molecule has 6 aliphatic carbocycles. The molecule has 108 heavy (non-hydrogen) atoms. The molecule has 2 aromatic carbocycles. The summed E-state index contributed by atoms with van der Waals surface area (Å²) in [6, 6.07) is 7.32. The quantitative estimate of drug-likeness (QED) is 0.0974. The van der Waals surface area contributed by atoms with E-state index < -0.39 is 145 Å². The minimum absolute atomic E-state index is 0.0406. The third-order valence-electron chi connectivity index (χ3n) is 24.9. The van der Waals surface area contributed by atoms with E-state index in [4.69, 9.17) is 56.9 Å². The smallest absolute Gasteiger partial charge is 0.329 e. The van der Waals surface area contributed by atoms with Gasteiger partial charge in [0.15, 0.2) is 5.78 Å². The number of hydrogen-bond acceptors (Lipinski definition) is 18. The van der Waals surface area contributed by atoms with Crippen molar-refractivity contribution < 1.29 is 74.4 Å². The maximum absolute atomic E-state index is 15.0. The molecule has 14 rings (SSSR count). The molecule has 6 heterocycles. The van der Waals surface area contributed by atoms with Crippen molar-refractivity contribution in [3.05, 3.63) is 91.5 Å². The van der Waals surface area contributed by atoms with Gasteiger partial charge in [0.25, 0.3) is 23.1 Å². The molecule has 0 radical (unpaired) electrons. The molecule has 3 amide bonds. The topological polar surface area (TPSA) is 288 Å². The van der Waals surface area contributed by atoms with Gasteiger partial charge in [-0.1, -0.05) is 103 Å². The third kappa shape index (κ3) is 16.0. The molecular formula is C80H101Cl2F2N7O16S. The standard InChI is InChI=1S/C43H53ClF2N4O9S.C37H48ClN3O7/c1-22-33-21-50(35(22)31(51)20-43(19-29(43)36(45)46)39(55)48-60(56,57)42(5)12-13-42)38(54)28(41(2,3)4)18-34(52)58-32-16-23-15-27(23)25(32)9-7-6-8-14-49-37(53)26-11-10-24(44)17-30(26)47-40(49)59-33;1-20-29-19-41(31(20)34(45)48-37(5,6)7)33(44)26(36(2,3)4)18-30(42)46-28-16-21-15-25(21)23(28)11-9-8-10-14-40-32(43)24-13-12-22(38)17-27(24)39-35(40)47-29/h6,8,10-11,17,22-23,25,27-29,32-33,35-36H,7,9,12-16,18-21H2,1-5H3,(H,48,55);8,10,12-13,17,20-21,23,25-26,28-29,31H,9,11,14-16,18-19H2,1-7H3/b8-6+;10-8+/t22-,23+,25-,27+,28-,29+,32-,33+,35+,43-;20-,21+,23-,25+,26-,28-,29+,31+/m11/s1. The minimum Gasteiger partial charge on any atom is -0.462 e. The van der Waals surface area contributed by atoms with Crippen molar-refractivity contribution in [2.45, 2.75) is 239 Å². The molecule has 4 aliphatic heterocycles. The second-order valence-corrected chi connectivity index (χ2v) is 38.8. The summed E-state index contributed by atoms with van der Waals surface area (Å²) < 4.78 is 89.8. The van der Waals surface area contributed by atoms with Crippen molar-refractivity contribution in [3.8, 4) is 12.0 Å². The predicted octanol–water partition coefficient (Wildman–Crippen LogP) is 11.8. The fourth-order valence-electron chi connectivity index (χ4n) is 17.9. The number of nitrogens with one attached hydrogen (secondary N) is 1. The van der Waals surface area contributed by atoms with Crippen LogP contribution < -0.4 is 25.3 Å². The Bertz CT molecular complexity index is 4580. The van der Waals surface area contributed by atoms with Crippen molar-refractivity contribution in [3.63, 3.8) is 0 Å². The Balaban J connectivity index is 0.000000195. The summed E-state index contributed by atoms with van der Waals surface area (Å²) >= 11 is 12.6. The highest BCUT2D eigenvalue weighted by molar-refractivity contribution is 7.91. The van der Waals surface area contributed by atoms with Gasteiger partial charge in [-0.2, -0.15) is 9.97 Å². The van der Waals surface area contributed by atoms with Crippen LogP contribution in [-0.2, 0) is 70.9 Å². The minimum atomic E-state index is -4.22. The summed E-state index contributed by atoms with van der Waals surface area (Å²) in [5.41, 5.74) is -4.27. The number of sulfonamides is 1. The number of ketones is 1. The molecule has 6 saturated carbocycles. The van der Waals surface area contributed by atoms with Crippen LogP contribution in [0, 0.1) is 81.3 Å².